The molecule has 10 atom stereocenters. The molecule has 0 spiro atoms. The SMILES string of the molecule is C[C@H](NC(=O)[C@]12CCC(C)(C)C[C@H]1C1=CC[C@@H]3[C@@]4(C)C[C@@H](O)[C@H](O)C(C)(C)[C@@H]4CC[C@@]3(C)[C@]1(C)CC2)C(=O)NCC(=O)O. The number of aliphatic hydroxyl groups excluding tert-OH is 2. The number of carbonyl (C=O) groups is 3. The van der Waals surface area contributed by atoms with Crippen LogP contribution in [0.4, 0.5) is 0 Å². The molecule has 43 heavy (non-hydrogen) atoms. The summed E-state index contributed by atoms with van der Waals surface area (Å²) in [6, 6.07) is -0.820. The van der Waals surface area contributed by atoms with Gasteiger partial charge in [0.05, 0.1) is 17.6 Å². The van der Waals surface area contributed by atoms with Crippen LogP contribution in [0.5, 0.6) is 0 Å². The predicted octanol–water partition coefficient (Wildman–Crippen LogP) is 4.83. The van der Waals surface area contributed by atoms with Crippen molar-refractivity contribution in [2.45, 2.75) is 131 Å². The molecule has 0 aromatic rings. The second-order valence-electron chi connectivity index (χ2n) is 17.2. The van der Waals surface area contributed by atoms with Crippen LogP contribution < -0.4 is 10.6 Å². The van der Waals surface area contributed by atoms with Crippen molar-refractivity contribution in [2.24, 2.45) is 50.2 Å². The molecule has 0 unspecified atom stereocenters. The summed E-state index contributed by atoms with van der Waals surface area (Å²) in [6.07, 6.45) is 8.92. The Labute approximate surface area is 257 Å². The van der Waals surface area contributed by atoms with Gasteiger partial charge >= 0.3 is 5.97 Å². The number of rotatable bonds is 5. The first kappa shape index (κ1) is 32.5. The van der Waals surface area contributed by atoms with Gasteiger partial charge in [0.1, 0.15) is 12.6 Å². The average Bonchev–Trinajstić information content (AvgIpc) is 2.90. The molecular weight excluding hydrogens is 544 g/mol. The summed E-state index contributed by atoms with van der Waals surface area (Å²) in [6.45, 7) is 17.3. The molecule has 0 aromatic heterocycles. The molecule has 2 amide bonds. The molecule has 5 aliphatic carbocycles. The zero-order valence-corrected chi connectivity index (χ0v) is 27.7. The Balaban J connectivity index is 1.50. The number of aliphatic carboxylic acids is 1. The Morgan fingerprint density at radius 1 is 0.930 bits per heavy atom. The molecular formula is C35H56N2O6. The molecule has 0 saturated heterocycles. The van der Waals surface area contributed by atoms with Crippen LogP contribution in [0.15, 0.2) is 11.6 Å². The van der Waals surface area contributed by atoms with Gasteiger partial charge in [-0.3, -0.25) is 14.4 Å². The Bertz CT molecular complexity index is 1210. The molecule has 0 radical (unpaired) electrons. The van der Waals surface area contributed by atoms with E-state index in [0.717, 1.165) is 51.4 Å². The Kier molecular flexibility index (Phi) is 7.77. The number of amides is 2. The Morgan fingerprint density at radius 3 is 2.23 bits per heavy atom. The van der Waals surface area contributed by atoms with Crippen molar-refractivity contribution in [1.82, 2.24) is 10.6 Å². The molecule has 5 N–H and O–H groups in total. The van der Waals surface area contributed by atoms with Crippen molar-refractivity contribution in [3.8, 4) is 0 Å². The number of fused-ring (bicyclic) bond motifs is 7. The monoisotopic (exact) mass is 600 g/mol. The fourth-order valence-corrected chi connectivity index (χ4v) is 11.5. The van der Waals surface area contributed by atoms with E-state index < -0.39 is 42.1 Å². The number of carboxylic acid groups (broad SMARTS) is 1. The van der Waals surface area contributed by atoms with Crippen LogP contribution in [0.3, 0.4) is 0 Å². The van der Waals surface area contributed by atoms with E-state index in [1.54, 1.807) is 6.92 Å². The van der Waals surface area contributed by atoms with Gasteiger partial charge in [-0.2, -0.15) is 0 Å². The van der Waals surface area contributed by atoms with Crippen LogP contribution in [0.25, 0.3) is 0 Å². The number of aliphatic hydroxyl groups is 2. The van der Waals surface area contributed by atoms with E-state index in [1.165, 1.54) is 5.57 Å². The molecule has 8 nitrogen and oxygen atoms in total. The molecule has 4 fully saturated rings. The number of allylic oxidation sites excluding steroid dienone is 2. The smallest absolute Gasteiger partial charge is 0.322 e. The highest BCUT2D eigenvalue weighted by Gasteiger charge is 2.70. The maximum Gasteiger partial charge on any atom is 0.322 e. The van der Waals surface area contributed by atoms with Gasteiger partial charge < -0.3 is 26.0 Å². The minimum Gasteiger partial charge on any atom is -0.480 e. The molecule has 8 heteroatoms. The Hall–Kier alpha value is -1.93. The maximum atomic E-state index is 14.3. The maximum absolute atomic E-state index is 14.3. The zero-order valence-electron chi connectivity index (χ0n) is 27.7. The van der Waals surface area contributed by atoms with Crippen LogP contribution >= 0.6 is 0 Å². The standard InChI is InChI=1S/C35H56N2O6/c1-20(28(42)36-19-26(39)40)37-29(43)35-15-13-30(2,3)17-22(35)21-9-10-25-32(6)18-23(38)27(41)31(4,5)24(32)11-12-34(25,8)33(21,7)14-16-35/h9,20,22-25,27,38,41H,10-19H2,1-8H3,(H,36,42)(H,37,43)(H,39,40)/t20-,22-,23+,24-,25+,27-,32-,33+,34+,35-/m0/s1. The van der Waals surface area contributed by atoms with E-state index in [4.69, 9.17) is 5.11 Å². The average molecular weight is 601 g/mol. The van der Waals surface area contributed by atoms with Crippen LogP contribution in [-0.2, 0) is 14.4 Å². The zero-order chi connectivity index (χ0) is 32.0. The summed E-state index contributed by atoms with van der Waals surface area (Å²) in [5.41, 5.74) is 0.347. The van der Waals surface area contributed by atoms with Crippen molar-refractivity contribution in [3.63, 3.8) is 0 Å². The highest BCUT2D eigenvalue weighted by atomic mass is 16.4. The molecule has 0 aliphatic heterocycles. The molecule has 0 heterocycles. The van der Waals surface area contributed by atoms with E-state index in [1.807, 2.05) is 0 Å². The number of hydrogen-bond donors (Lipinski definition) is 5. The molecule has 5 aliphatic rings. The molecule has 0 bridgehead atoms. The van der Waals surface area contributed by atoms with Crippen LogP contribution in [0.2, 0.25) is 0 Å². The van der Waals surface area contributed by atoms with Gasteiger partial charge in [0.25, 0.3) is 0 Å². The van der Waals surface area contributed by atoms with Gasteiger partial charge in [-0.1, -0.05) is 60.1 Å². The van der Waals surface area contributed by atoms with Crippen molar-refractivity contribution in [2.75, 3.05) is 6.54 Å². The number of hydrogen-bond acceptors (Lipinski definition) is 5. The lowest BCUT2D eigenvalue weighted by Crippen LogP contribution is -2.67. The highest BCUT2D eigenvalue weighted by molar-refractivity contribution is 5.91. The van der Waals surface area contributed by atoms with E-state index in [2.05, 4.69) is 65.2 Å². The fraction of sp³-hybridized carbons (Fsp3) is 0.857. The normalized spacial score (nSPS) is 45.2. The van der Waals surface area contributed by atoms with Crippen molar-refractivity contribution < 1.29 is 29.7 Å². The number of carboxylic acids is 1. The van der Waals surface area contributed by atoms with Crippen molar-refractivity contribution in [1.29, 1.82) is 0 Å². The summed E-state index contributed by atoms with van der Waals surface area (Å²) >= 11 is 0. The first-order valence-electron chi connectivity index (χ1n) is 16.6. The van der Waals surface area contributed by atoms with Crippen LogP contribution in [0.1, 0.15) is 113 Å². The molecule has 242 valence electrons. The molecule has 0 aromatic carbocycles. The van der Waals surface area contributed by atoms with Crippen LogP contribution in [0, 0.1) is 50.2 Å². The second-order valence-corrected chi connectivity index (χ2v) is 17.2. The lowest BCUT2D eigenvalue weighted by atomic mass is 9.33. The van der Waals surface area contributed by atoms with Crippen molar-refractivity contribution >= 4 is 17.8 Å². The summed E-state index contributed by atoms with van der Waals surface area (Å²) in [5.74, 6) is -0.921. The van der Waals surface area contributed by atoms with E-state index in [-0.39, 0.29) is 38.9 Å². The highest BCUT2D eigenvalue weighted by Crippen LogP contribution is 2.75. The van der Waals surface area contributed by atoms with Gasteiger partial charge in [0.15, 0.2) is 0 Å². The van der Waals surface area contributed by atoms with E-state index >= 15 is 0 Å². The fourth-order valence-electron chi connectivity index (χ4n) is 11.5. The largest absolute Gasteiger partial charge is 0.480 e. The lowest BCUT2D eigenvalue weighted by Gasteiger charge is -2.71. The minimum atomic E-state index is -1.12. The Morgan fingerprint density at radius 2 is 1.58 bits per heavy atom. The number of nitrogens with one attached hydrogen (secondary N) is 2. The summed E-state index contributed by atoms with van der Waals surface area (Å²) in [5, 5.41) is 36.5. The minimum absolute atomic E-state index is 0.00530. The third-order valence-corrected chi connectivity index (χ3v) is 14.2. The first-order valence-corrected chi connectivity index (χ1v) is 16.6. The van der Waals surface area contributed by atoms with Gasteiger partial charge in [-0.05, 0) is 110 Å². The topological polar surface area (TPSA) is 136 Å². The number of carbonyl (C=O) groups excluding carboxylic acids is 2. The van der Waals surface area contributed by atoms with Gasteiger partial charge in [-0.15, -0.1) is 0 Å². The third-order valence-electron chi connectivity index (χ3n) is 14.2. The molecule has 5 rings (SSSR count). The van der Waals surface area contributed by atoms with Crippen LogP contribution in [-0.4, -0.2) is 57.9 Å². The summed E-state index contributed by atoms with van der Waals surface area (Å²) in [7, 11) is 0. The summed E-state index contributed by atoms with van der Waals surface area (Å²) in [4.78, 5) is 37.8. The van der Waals surface area contributed by atoms with E-state index in [0.29, 0.717) is 18.3 Å². The first-order chi connectivity index (χ1) is 19.7. The van der Waals surface area contributed by atoms with Crippen molar-refractivity contribution in [3.05, 3.63) is 11.6 Å². The quantitative estimate of drug-likeness (QED) is 0.287. The lowest BCUT2D eigenvalue weighted by molar-refractivity contribution is -0.231. The predicted molar refractivity (Wildman–Crippen MR) is 165 cm³/mol. The third kappa shape index (κ3) is 4.71. The summed E-state index contributed by atoms with van der Waals surface area (Å²) < 4.78 is 0. The van der Waals surface area contributed by atoms with Gasteiger partial charge in [0, 0.05) is 0 Å². The van der Waals surface area contributed by atoms with E-state index in [9.17, 15) is 24.6 Å². The van der Waals surface area contributed by atoms with Gasteiger partial charge in [-0.25, -0.2) is 0 Å². The second kappa shape index (κ2) is 10.3. The molecule has 4 saturated carbocycles. The van der Waals surface area contributed by atoms with Gasteiger partial charge in [0.2, 0.25) is 11.8 Å².